The molecular weight excluding hydrogens is 544 g/mol. The molecule has 1 spiro atoms. The van der Waals surface area contributed by atoms with Crippen molar-refractivity contribution in [2.24, 2.45) is 11.8 Å². The lowest BCUT2D eigenvalue weighted by Crippen LogP contribution is -2.59. The van der Waals surface area contributed by atoms with E-state index in [0.717, 1.165) is 5.56 Å². The number of halogens is 1. The Kier molecular flexibility index (Phi) is 7.26. The topological polar surface area (TPSA) is 96.4 Å². The van der Waals surface area contributed by atoms with E-state index in [-0.39, 0.29) is 25.7 Å². The molecule has 2 fully saturated rings. The summed E-state index contributed by atoms with van der Waals surface area (Å²) in [6, 6.07) is 14.6. The van der Waals surface area contributed by atoms with Crippen molar-refractivity contribution in [3.05, 3.63) is 89.5 Å². The molecule has 0 radical (unpaired) electrons. The number of cyclic esters (lactones) is 1. The Morgan fingerprint density at radius 3 is 2.49 bits per heavy atom. The largest absolute Gasteiger partial charge is 0.465 e. The van der Waals surface area contributed by atoms with Crippen molar-refractivity contribution in [1.29, 1.82) is 0 Å². The lowest BCUT2D eigenvalue weighted by Gasteiger charge is -2.40. The number of carbonyl (C=O) groups excluding carboxylic acids is 3. The summed E-state index contributed by atoms with van der Waals surface area (Å²) >= 11 is 6.13. The van der Waals surface area contributed by atoms with Crippen molar-refractivity contribution in [3.8, 4) is 0 Å². The van der Waals surface area contributed by atoms with Gasteiger partial charge in [0.1, 0.15) is 17.6 Å². The van der Waals surface area contributed by atoms with Crippen LogP contribution in [0.4, 0.5) is 5.69 Å². The first kappa shape index (κ1) is 27.7. The predicted octanol–water partition coefficient (Wildman–Crippen LogP) is 3.71. The Hall–Kier alpha value is -3.46. The molecule has 9 heteroatoms. The molecule has 4 aliphatic heterocycles. The molecule has 2 saturated heterocycles. The third kappa shape index (κ3) is 4.58. The molecule has 8 nitrogen and oxygen atoms in total. The number of aliphatic hydroxyl groups excluding tert-OH is 1. The maximum Gasteiger partial charge on any atom is 0.313 e. The number of allylic oxidation sites excluding steroid dienone is 1. The van der Waals surface area contributed by atoms with Gasteiger partial charge in [0.25, 0.3) is 5.91 Å². The Morgan fingerprint density at radius 2 is 1.76 bits per heavy atom. The molecule has 4 heterocycles. The van der Waals surface area contributed by atoms with Gasteiger partial charge in [-0.3, -0.25) is 14.4 Å². The Labute approximate surface area is 244 Å². The number of ether oxygens (including phenoxy) is 2. The number of anilines is 1. The number of carbonyl (C=O) groups is 3. The predicted molar refractivity (Wildman–Crippen MR) is 153 cm³/mol. The van der Waals surface area contributed by atoms with Crippen molar-refractivity contribution >= 4 is 35.1 Å². The number of likely N-dealkylation sites (tertiary alicyclic amines) is 1. The van der Waals surface area contributed by atoms with Gasteiger partial charge in [0.2, 0.25) is 5.91 Å². The highest BCUT2D eigenvalue weighted by Gasteiger charge is 2.75. The second-order valence-corrected chi connectivity index (χ2v) is 11.7. The Morgan fingerprint density at radius 1 is 1.00 bits per heavy atom. The summed E-state index contributed by atoms with van der Waals surface area (Å²) in [6.45, 7) is 1.89. The highest BCUT2D eigenvalue weighted by molar-refractivity contribution is 6.30. The van der Waals surface area contributed by atoms with Crippen molar-refractivity contribution in [1.82, 2.24) is 4.90 Å². The number of nitrogens with zero attached hydrogens (tertiary/aromatic N) is 2. The van der Waals surface area contributed by atoms with E-state index in [2.05, 4.69) is 0 Å². The highest BCUT2D eigenvalue weighted by atomic mass is 35.5. The van der Waals surface area contributed by atoms with E-state index in [0.29, 0.717) is 30.0 Å². The minimum atomic E-state index is -1.44. The number of benzene rings is 2. The van der Waals surface area contributed by atoms with Crippen molar-refractivity contribution in [3.63, 3.8) is 0 Å². The SMILES string of the molecule is C[C@@]12/C=C\CCCOC(=O)[C@@H]1[C@H]1C(=O)N([C@@H](CO)Cc3ccccc3)C3C(=O)N(c4ccc(Cl)cc4)CC=C[C@@]31O2. The first-order valence-corrected chi connectivity index (χ1v) is 14.4. The molecule has 2 aromatic carbocycles. The van der Waals surface area contributed by atoms with Crippen LogP contribution < -0.4 is 4.90 Å². The van der Waals surface area contributed by atoms with Gasteiger partial charge in [-0.2, -0.15) is 0 Å². The monoisotopic (exact) mass is 576 g/mol. The van der Waals surface area contributed by atoms with Crippen LogP contribution in [0.1, 0.15) is 25.3 Å². The number of amides is 2. The Bertz CT molecular complexity index is 1390. The number of aliphatic hydroxyl groups is 1. The third-order valence-corrected chi connectivity index (χ3v) is 9.00. The van der Waals surface area contributed by atoms with Gasteiger partial charge in [-0.1, -0.05) is 66.2 Å². The summed E-state index contributed by atoms with van der Waals surface area (Å²) in [5, 5.41) is 11.2. The van der Waals surface area contributed by atoms with E-state index in [1.165, 1.54) is 4.90 Å². The lowest BCUT2D eigenvalue weighted by molar-refractivity contribution is -0.159. The first-order valence-electron chi connectivity index (χ1n) is 14.1. The zero-order valence-corrected chi connectivity index (χ0v) is 23.6. The van der Waals surface area contributed by atoms with Crippen molar-refractivity contribution in [2.45, 2.75) is 49.5 Å². The number of hydrogen-bond acceptors (Lipinski definition) is 6. The van der Waals surface area contributed by atoms with Gasteiger partial charge in [-0.25, -0.2) is 0 Å². The van der Waals surface area contributed by atoms with Crippen LogP contribution >= 0.6 is 11.6 Å². The molecule has 0 bridgehead atoms. The summed E-state index contributed by atoms with van der Waals surface area (Å²) < 4.78 is 12.5. The highest BCUT2D eigenvalue weighted by Crippen LogP contribution is 2.57. The fraction of sp³-hybridized carbons (Fsp3) is 0.406. The molecule has 0 aromatic heterocycles. The molecule has 6 atom stereocenters. The van der Waals surface area contributed by atoms with Gasteiger partial charge < -0.3 is 24.4 Å². The molecule has 2 aromatic rings. The number of rotatable bonds is 5. The second-order valence-electron chi connectivity index (χ2n) is 11.3. The maximum atomic E-state index is 14.6. The molecule has 214 valence electrons. The van der Waals surface area contributed by atoms with E-state index in [9.17, 15) is 19.5 Å². The standard InChI is InChI=1S/C32H33ClN2O6/c1-31-15-6-3-7-18-40-30(39)26(31)25-28(37)35(24(20-36)19-21-9-4-2-5-10-21)27-29(38)34(17-8-16-32(25,27)41-31)23-13-11-22(33)12-14-23/h2,4-6,8-16,24-27,36H,3,7,17-20H2,1H3/b15-6-/t24-,25+,26+,27?,31-,32+/m1/s1. The maximum absolute atomic E-state index is 14.6. The van der Waals surface area contributed by atoms with Gasteiger partial charge in [0.15, 0.2) is 0 Å². The second kappa shape index (κ2) is 10.7. The van der Waals surface area contributed by atoms with E-state index in [4.69, 9.17) is 21.1 Å². The quantitative estimate of drug-likeness (QED) is 0.431. The van der Waals surface area contributed by atoms with Gasteiger partial charge in [0, 0.05) is 17.3 Å². The third-order valence-electron chi connectivity index (χ3n) is 8.74. The van der Waals surface area contributed by atoms with Gasteiger partial charge >= 0.3 is 5.97 Å². The molecule has 2 amide bonds. The number of esters is 1. The van der Waals surface area contributed by atoms with Crippen LogP contribution in [-0.4, -0.2) is 70.8 Å². The van der Waals surface area contributed by atoms with Crippen LogP contribution in [0.2, 0.25) is 5.02 Å². The molecular formula is C32H33ClN2O6. The van der Waals surface area contributed by atoms with Crippen LogP contribution in [-0.2, 0) is 30.3 Å². The number of fused-ring (bicyclic) bond motifs is 2. The minimum absolute atomic E-state index is 0.237. The number of hydrogen-bond donors (Lipinski definition) is 1. The molecule has 1 unspecified atom stereocenters. The van der Waals surface area contributed by atoms with E-state index >= 15 is 0 Å². The minimum Gasteiger partial charge on any atom is -0.465 e. The van der Waals surface area contributed by atoms with Gasteiger partial charge in [-0.15, -0.1) is 0 Å². The van der Waals surface area contributed by atoms with E-state index in [1.807, 2.05) is 48.6 Å². The first-order chi connectivity index (χ1) is 19.8. The van der Waals surface area contributed by atoms with Crippen molar-refractivity contribution in [2.75, 3.05) is 24.7 Å². The summed E-state index contributed by atoms with van der Waals surface area (Å²) in [4.78, 5) is 45.9. The molecule has 0 aliphatic carbocycles. The van der Waals surface area contributed by atoms with Crippen LogP contribution in [0.5, 0.6) is 0 Å². The smallest absolute Gasteiger partial charge is 0.313 e. The molecule has 0 saturated carbocycles. The average Bonchev–Trinajstić information content (AvgIpc) is 3.32. The van der Waals surface area contributed by atoms with Gasteiger partial charge in [-0.05, 0) is 56.0 Å². The summed E-state index contributed by atoms with van der Waals surface area (Å²) in [5.41, 5.74) is -1.08. The summed E-state index contributed by atoms with van der Waals surface area (Å²) in [7, 11) is 0. The molecule has 41 heavy (non-hydrogen) atoms. The summed E-state index contributed by atoms with van der Waals surface area (Å²) in [6.07, 6.45) is 9.11. The zero-order chi connectivity index (χ0) is 28.8. The van der Waals surface area contributed by atoms with Crippen LogP contribution in [0.3, 0.4) is 0 Å². The average molecular weight is 577 g/mol. The van der Waals surface area contributed by atoms with Crippen LogP contribution in [0.15, 0.2) is 78.9 Å². The van der Waals surface area contributed by atoms with Crippen LogP contribution in [0, 0.1) is 11.8 Å². The Balaban J connectivity index is 1.50. The van der Waals surface area contributed by atoms with Crippen LogP contribution in [0.25, 0.3) is 0 Å². The lowest BCUT2D eigenvalue weighted by atomic mass is 9.74. The van der Waals surface area contributed by atoms with E-state index < -0.39 is 47.0 Å². The molecule has 4 aliphatic rings. The fourth-order valence-electron chi connectivity index (χ4n) is 6.96. The normalized spacial score (nSPS) is 32.7. The molecule has 1 N–H and O–H groups in total. The van der Waals surface area contributed by atoms with Gasteiger partial charge in [0.05, 0.1) is 30.8 Å². The fourth-order valence-corrected chi connectivity index (χ4v) is 7.08. The molecule has 6 rings (SSSR count). The summed E-state index contributed by atoms with van der Waals surface area (Å²) in [5.74, 6) is -3.25. The van der Waals surface area contributed by atoms with Crippen molar-refractivity contribution < 1.29 is 29.0 Å². The van der Waals surface area contributed by atoms with E-state index in [1.54, 1.807) is 42.2 Å². The zero-order valence-electron chi connectivity index (χ0n) is 22.8.